The number of quaternary nitrogens is 1. The molecule has 1 saturated heterocycles. The van der Waals surface area contributed by atoms with E-state index in [0.717, 1.165) is 53.8 Å². The topological polar surface area (TPSA) is 66.8 Å². The van der Waals surface area contributed by atoms with Gasteiger partial charge in [-0.1, -0.05) is 23.7 Å². The number of aliphatic hydroxyl groups excluding tert-OH is 1. The molecule has 1 atom stereocenters. The minimum absolute atomic E-state index is 0.0544. The highest BCUT2D eigenvalue weighted by Crippen LogP contribution is 2.42. The van der Waals surface area contributed by atoms with Crippen molar-refractivity contribution in [3.63, 3.8) is 0 Å². The lowest BCUT2D eigenvalue weighted by molar-refractivity contribution is -0.885. The number of anilines is 2. The molecule has 6 nitrogen and oxygen atoms in total. The van der Waals surface area contributed by atoms with E-state index in [1.807, 2.05) is 36.4 Å². The predicted molar refractivity (Wildman–Crippen MR) is 116 cm³/mol. The summed E-state index contributed by atoms with van der Waals surface area (Å²) in [5.74, 6) is 0. The molecule has 2 aromatic rings. The van der Waals surface area contributed by atoms with Gasteiger partial charge in [0.05, 0.1) is 51.7 Å². The van der Waals surface area contributed by atoms with Crippen molar-refractivity contribution in [1.82, 2.24) is 4.90 Å². The lowest BCUT2D eigenvalue weighted by Crippen LogP contribution is -2.57. The molecule has 4 rings (SSSR count). The van der Waals surface area contributed by atoms with Gasteiger partial charge in [0.25, 0.3) is 0 Å². The van der Waals surface area contributed by atoms with E-state index in [1.54, 1.807) is 6.07 Å². The highest BCUT2D eigenvalue weighted by atomic mass is 35.5. The number of hydroxylamine groups is 3. The standard InChI is InChI=1S/C21H26ClN3O3S/c22-17-6-7-21-19(16-17)24(18-4-1-2-5-20(18)29(21)28)9-3-8-23-10-12-25(27,13-11-23)14-15-26/h1-2,4-7,16,26H,3,8-15H2. The van der Waals surface area contributed by atoms with E-state index in [4.69, 9.17) is 16.7 Å². The fraction of sp³-hybridized carbons (Fsp3) is 0.429. The van der Waals surface area contributed by atoms with E-state index in [9.17, 15) is 9.42 Å². The number of fused-ring (bicyclic) bond motifs is 2. The number of aliphatic hydroxyl groups is 1. The second-order valence-corrected chi connectivity index (χ2v) is 9.50. The molecule has 2 aromatic carbocycles. The summed E-state index contributed by atoms with van der Waals surface area (Å²) in [4.78, 5) is 6.15. The van der Waals surface area contributed by atoms with Crippen LogP contribution in [0.1, 0.15) is 6.42 Å². The Morgan fingerprint density at radius 1 is 1.07 bits per heavy atom. The molecule has 8 heteroatoms. The summed E-state index contributed by atoms with van der Waals surface area (Å²) >= 11 is 6.24. The summed E-state index contributed by atoms with van der Waals surface area (Å²) in [6.07, 6.45) is 0.922. The van der Waals surface area contributed by atoms with Gasteiger partial charge in [0.2, 0.25) is 0 Å². The van der Waals surface area contributed by atoms with E-state index < -0.39 is 10.8 Å². The highest BCUT2D eigenvalue weighted by molar-refractivity contribution is 7.85. The van der Waals surface area contributed by atoms with Gasteiger partial charge in [0.1, 0.15) is 6.54 Å². The molecule has 2 heterocycles. The fourth-order valence-electron chi connectivity index (χ4n) is 4.14. The maximum absolute atomic E-state index is 13.0. The van der Waals surface area contributed by atoms with E-state index in [-0.39, 0.29) is 17.8 Å². The Balaban J connectivity index is 1.45. The Morgan fingerprint density at radius 2 is 1.79 bits per heavy atom. The molecule has 1 unspecified atom stereocenters. The van der Waals surface area contributed by atoms with E-state index in [2.05, 4.69) is 9.80 Å². The zero-order valence-corrected chi connectivity index (χ0v) is 17.9. The number of para-hydroxylation sites is 1. The molecule has 1 N–H and O–H groups in total. The largest absolute Gasteiger partial charge is 0.633 e. The number of halogens is 1. The van der Waals surface area contributed by atoms with Gasteiger partial charge >= 0.3 is 0 Å². The number of hydrogen-bond acceptors (Lipinski definition) is 5. The summed E-state index contributed by atoms with van der Waals surface area (Å²) in [7, 11) is -1.21. The second kappa shape index (κ2) is 8.71. The molecule has 0 aromatic heterocycles. The zero-order valence-electron chi connectivity index (χ0n) is 16.3. The summed E-state index contributed by atoms with van der Waals surface area (Å²) in [6.45, 7) is 4.49. The third-order valence-corrected chi connectivity index (χ3v) is 7.50. The normalized spacial score (nSPS) is 20.9. The maximum Gasteiger partial charge on any atom is 0.102 e. The van der Waals surface area contributed by atoms with Crippen LogP contribution in [0.3, 0.4) is 0 Å². The van der Waals surface area contributed by atoms with Gasteiger partial charge in [-0.05, 0) is 36.8 Å². The number of hydrogen-bond donors (Lipinski definition) is 1. The Hall–Kier alpha value is -1.48. The second-order valence-electron chi connectivity index (χ2n) is 7.65. The molecule has 2 aliphatic heterocycles. The smallest absolute Gasteiger partial charge is 0.102 e. The number of piperazine rings is 1. The minimum atomic E-state index is -1.21. The van der Waals surface area contributed by atoms with Gasteiger partial charge in [-0.25, -0.2) is 4.21 Å². The number of benzene rings is 2. The first-order valence-corrected chi connectivity index (χ1v) is 11.5. The molecule has 29 heavy (non-hydrogen) atoms. The van der Waals surface area contributed by atoms with Crippen molar-refractivity contribution in [2.45, 2.75) is 16.2 Å². The van der Waals surface area contributed by atoms with Crippen LogP contribution in [-0.2, 0) is 10.8 Å². The van der Waals surface area contributed by atoms with Crippen molar-refractivity contribution in [3.8, 4) is 0 Å². The summed E-state index contributed by atoms with van der Waals surface area (Å²) in [5.41, 5.74) is 1.88. The van der Waals surface area contributed by atoms with Crippen molar-refractivity contribution < 1.29 is 14.0 Å². The molecule has 0 saturated carbocycles. The Labute approximate surface area is 178 Å². The summed E-state index contributed by atoms with van der Waals surface area (Å²) < 4.78 is 12.7. The molecule has 0 radical (unpaired) electrons. The van der Waals surface area contributed by atoms with Crippen molar-refractivity contribution in [3.05, 3.63) is 52.7 Å². The van der Waals surface area contributed by atoms with Crippen molar-refractivity contribution in [1.29, 1.82) is 0 Å². The average molecular weight is 436 g/mol. The first-order chi connectivity index (χ1) is 14.0. The average Bonchev–Trinajstić information content (AvgIpc) is 2.72. The molecule has 0 aliphatic carbocycles. The van der Waals surface area contributed by atoms with Gasteiger partial charge in [0.15, 0.2) is 0 Å². The molecular formula is C21H26ClN3O3S. The van der Waals surface area contributed by atoms with Gasteiger partial charge in [-0.2, -0.15) is 0 Å². The number of rotatable bonds is 6. The van der Waals surface area contributed by atoms with Crippen LogP contribution in [-0.4, -0.2) is 71.3 Å². The third kappa shape index (κ3) is 4.35. The van der Waals surface area contributed by atoms with Crippen molar-refractivity contribution in [2.75, 3.05) is 57.3 Å². The number of nitrogens with zero attached hydrogens (tertiary/aromatic N) is 3. The summed E-state index contributed by atoms with van der Waals surface area (Å²) in [5, 5.41) is 22.1. The van der Waals surface area contributed by atoms with Crippen LogP contribution < -0.4 is 4.90 Å². The quantitative estimate of drug-likeness (QED) is 0.558. The lowest BCUT2D eigenvalue weighted by atomic mass is 10.2. The highest BCUT2D eigenvalue weighted by Gasteiger charge is 2.29. The first kappa shape index (κ1) is 20.8. The molecular weight excluding hydrogens is 410 g/mol. The van der Waals surface area contributed by atoms with E-state index >= 15 is 0 Å². The van der Waals surface area contributed by atoms with Crippen LogP contribution in [0.15, 0.2) is 52.3 Å². The predicted octanol–water partition coefficient (Wildman–Crippen LogP) is 2.97. The fourth-order valence-corrected chi connectivity index (χ4v) is 5.66. The van der Waals surface area contributed by atoms with Gasteiger partial charge in [-0.15, -0.1) is 0 Å². The van der Waals surface area contributed by atoms with Crippen LogP contribution in [0.5, 0.6) is 0 Å². The van der Waals surface area contributed by atoms with E-state index in [1.165, 1.54) is 0 Å². The van der Waals surface area contributed by atoms with Crippen LogP contribution in [0.2, 0.25) is 5.02 Å². The van der Waals surface area contributed by atoms with Crippen LogP contribution in [0, 0.1) is 5.21 Å². The van der Waals surface area contributed by atoms with Crippen LogP contribution in [0.4, 0.5) is 11.4 Å². The van der Waals surface area contributed by atoms with E-state index in [0.29, 0.717) is 18.1 Å². The minimum Gasteiger partial charge on any atom is -0.633 e. The molecule has 2 aliphatic rings. The first-order valence-electron chi connectivity index (χ1n) is 9.99. The zero-order chi connectivity index (χ0) is 20.4. The Morgan fingerprint density at radius 3 is 2.55 bits per heavy atom. The molecule has 1 fully saturated rings. The van der Waals surface area contributed by atoms with Crippen LogP contribution in [0.25, 0.3) is 0 Å². The Bertz CT molecular complexity index is 902. The van der Waals surface area contributed by atoms with Gasteiger partial charge in [-0.3, -0.25) is 4.90 Å². The maximum atomic E-state index is 13.0. The van der Waals surface area contributed by atoms with Crippen molar-refractivity contribution in [2.24, 2.45) is 0 Å². The SMILES string of the molecule is O=S1c2ccccc2N(CCCN2CC[N+]([O-])(CCO)CC2)c2cc(Cl)ccc21. The molecule has 0 amide bonds. The molecule has 0 spiro atoms. The molecule has 0 bridgehead atoms. The monoisotopic (exact) mass is 435 g/mol. The summed E-state index contributed by atoms with van der Waals surface area (Å²) in [6, 6.07) is 13.4. The lowest BCUT2D eigenvalue weighted by Gasteiger charge is -2.48. The van der Waals surface area contributed by atoms with Gasteiger partial charge in [0, 0.05) is 31.2 Å². The Kier molecular flexibility index (Phi) is 6.24. The van der Waals surface area contributed by atoms with Gasteiger partial charge < -0.3 is 19.9 Å². The third-order valence-electron chi connectivity index (χ3n) is 5.78. The molecule has 156 valence electrons. The van der Waals surface area contributed by atoms with Crippen LogP contribution >= 0.6 is 11.6 Å². The van der Waals surface area contributed by atoms with Crippen molar-refractivity contribution >= 4 is 33.8 Å².